The Hall–Kier alpha value is -1.34. The van der Waals surface area contributed by atoms with E-state index < -0.39 is 18.0 Å². The largest absolute Gasteiger partial charge is 0.480 e. The predicted molar refractivity (Wildman–Crippen MR) is 74.5 cm³/mol. The highest BCUT2D eigenvalue weighted by Crippen LogP contribution is 2.29. The minimum Gasteiger partial charge on any atom is -0.480 e. The monoisotopic (exact) mass is 287 g/mol. The average molecular weight is 287 g/mol. The van der Waals surface area contributed by atoms with Crippen molar-refractivity contribution in [1.29, 1.82) is 0 Å². The summed E-state index contributed by atoms with van der Waals surface area (Å²) in [5.41, 5.74) is 0.0551. The number of carboxylic acids is 1. The first-order valence-corrected chi connectivity index (χ1v) is 6.93. The van der Waals surface area contributed by atoms with Gasteiger partial charge < -0.3 is 25.7 Å². The number of carbonyl (C=O) groups excluding carboxylic acids is 1. The Morgan fingerprint density at radius 2 is 1.95 bits per heavy atom. The first-order valence-electron chi connectivity index (χ1n) is 6.93. The van der Waals surface area contributed by atoms with Crippen LogP contribution in [0, 0.1) is 5.41 Å². The SMILES string of the molecule is CN1CCC(C)(CNC(=O)N[C@@H](CCO)C(=O)O)CC1. The molecule has 7 nitrogen and oxygen atoms in total. The smallest absolute Gasteiger partial charge is 0.326 e. The van der Waals surface area contributed by atoms with Gasteiger partial charge in [0.15, 0.2) is 0 Å². The van der Waals surface area contributed by atoms with Gasteiger partial charge in [0.1, 0.15) is 6.04 Å². The van der Waals surface area contributed by atoms with E-state index in [2.05, 4.69) is 29.5 Å². The van der Waals surface area contributed by atoms with Crippen molar-refractivity contribution in [3.63, 3.8) is 0 Å². The lowest BCUT2D eigenvalue weighted by molar-refractivity contribution is -0.139. The number of nitrogens with zero attached hydrogens (tertiary/aromatic N) is 1. The lowest BCUT2D eigenvalue weighted by atomic mass is 9.80. The van der Waals surface area contributed by atoms with E-state index in [1.54, 1.807) is 0 Å². The van der Waals surface area contributed by atoms with E-state index in [0.717, 1.165) is 25.9 Å². The van der Waals surface area contributed by atoms with Crippen molar-refractivity contribution >= 4 is 12.0 Å². The maximum Gasteiger partial charge on any atom is 0.326 e. The summed E-state index contributed by atoms with van der Waals surface area (Å²) in [7, 11) is 2.08. The number of aliphatic hydroxyl groups is 1. The molecule has 1 rings (SSSR count). The van der Waals surface area contributed by atoms with Crippen molar-refractivity contribution in [2.45, 2.75) is 32.2 Å². The normalized spacial score (nSPS) is 20.1. The third-order valence-electron chi connectivity index (χ3n) is 3.89. The molecule has 0 unspecified atom stereocenters. The van der Waals surface area contributed by atoms with Gasteiger partial charge in [-0.2, -0.15) is 0 Å². The highest BCUT2D eigenvalue weighted by atomic mass is 16.4. The Bertz CT molecular complexity index is 341. The van der Waals surface area contributed by atoms with Gasteiger partial charge in [0.25, 0.3) is 0 Å². The van der Waals surface area contributed by atoms with Crippen molar-refractivity contribution < 1.29 is 19.8 Å². The lowest BCUT2D eigenvalue weighted by Gasteiger charge is -2.38. The molecule has 2 amide bonds. The van der Waals surface area contributed by atoms with E-state index in [1.807, 2.05) is 0 Å². The Kier molecular flexibility index (Phi) is 6.22. The van der Waals surface area contributed by atoms with Gasteiger partial charge in [-0.3, -0.25) is 0 Å². The zero-order valence-electron chi connectivity index (χ0n) is 12.2. The van der Waals surface area contributed by atoms with Crippen LogP contribution in [0.4, 0.5) is 4.79 Å². The summed E-state index contributed by atoms with van der Waals surface area (Å²) in [6.07, 6.45) is 2.01. The summed E-state index contributed by atoms with van der Waals surface area (Å²) in [5, 5.41) is 22.8. The fourth-order valence-electron chi connectivity index (χ4n) is 2.22. The molecular weight excluding hydrogens is 262 g/mol. The Morgan fingerprint density at radius 3 is 2.45 bits per heavy atom. The molecule has 0 aromatic carbocycles. The van der Waals surface area contributed by atoms with Crippen molar-refractivity contribution in [1.82, 2.24) is 15.5 Å². The maximum atomic E-state index is 11.7. The van der Waals surface area contributed by atoms with Crippen LogP contribution >= 0.6 is 0 Å². The number of nitrogens with one attached hydrogen (secondary N) is 2. The van der Waals surface area contributed by atoms with E-state index in [1.165, 1.54) is 0 Å². The highest BCUT2D eigenvalue weighted by Gasteiger charge is 2.29. The van der Waals surface area contributed by atoms with Gasteiger partial charge in [-0.15, -0.1) is 0 Å². The first-order chi connectivity index (χ1) is 9.36. The third-order valence-corrected chi connectivity index (χ3v) is 3.89. The van der Waals surface area contributed by atoms with Crippen LogP contribution < -0.4 is 10.6 Å². The fraction of sp³-hybridized carbons (Fsp3) is 0.846. The quantitative estimate of drug-likeness (QED) is 0.544. The molecule has 0 spiro atoms. The van der Waals surface area contributed by atoms with Crippen molar-refractivity contribution in [2.24, 2.45) is 5.41 Å². The van der Waals surface area contributed by atoms with Gasteiger partial charge in [0.05, 0.1) is 0 Å². The average Bonchev–Trinajstić information content (AvgIpc) is 2.40. The van der Waals surface area contributed by atoms with Crippen molar-refractivity contribution in [3.05, 3.63) is 0 Å². The van der Waals surface area contributed by atoms with Crippen LogP contribution in [0.2, 0.25) is 0 Å². The topological polar surface area (TPSA) is 102 Å². The van der Waals surface area contributed by atoms with Crippen LogP contribution in [0.1, 0.15) is 26.2 Å². The highest BCUT2D eigenvalue weighted by molar-refractivity contribution is 5.82. The molecule has 0 aromatic heterocycles. The first kappa shape index (κ1) is 16.7. The van der Waals surface area contributed by atoms with E-state index >= 15 is 0 Å². The van der Waals surface area contributed by atoms with Crippen LogP contribution in [0.15, 0.2) is 0 Å². The summed E-state index contributed by atoms with van der Waals surface area (Å²) in [4.78, 5) is 24.8. The molecule has 116 valence electrons. The molecule has 0 aliphatic carbocycles. The molecule has 0 radical (unpaired) electrons. The number of rotatable bonds is 6. The van der Waals surface area contributed by atoms with Gasteiger partial charge in [0.2, 0.25) is 0 Å². The van der Waals surface area contributed by atoms with Crippen LogP contribution in [0.3, 0.4) is 0 Å². The number of carboxylic acid groups (broad SMARTS) is 1. The zero-order chi connectivity index (χ0) is 15.2. The van der Waals surface area contributed by atoms with Crippen LogP contribution in [0.5, 0.6) is 0 Å². The Labute approximate surface area is 119 Å². The van der Waals surface area contributed by atoms with E-state index in [9.17, 15) is 9.59 Å². The summed E-state index contributed by atoms with van der Waals surface area (Å²) < 4.78 is 0. The maximum absolute atomic E-state index is 11.7. The van der Waals surface area contributed by atoms with E-state index in [-0.39, 0.29) is 18.4 Å². The van der Waals surface area contributed by atoms with Gasteiger partial charge in [-0.1, -0.05) is 6.92 Å². The number of carbonyl (C=O) groups is 2. The number of piperidine rings is 1. The number of likely N-dealkylation sites (tertiary alicyclic amines) is 1. The van der Waals surface area contributed by atoms with Gasteiger partial charge in [0, 0.05) is 19.6 Å². The predicted octanol–water partition coefficient (Wildman–Crippen LogP) is -0.147. The summed E-state index contributed by atoms with van der Waals surface area (Å²) in [6, 6.07) is -1.55. The van der Waals surface area contributed by atoms with E-state index in [4.69, 9.17) is 10.2 Å². The molecule has 0 bridgehead atoms. The van der Waals surface area contributed by atoms with Gasteiger partial charge in [-0.05, 0) is 38.4 Å². The number of amides is 2. The minimum atomic E-state index is -1.14. The van der Waals surface area contributed by atoms with Crippen LogP contribution in [-0.2, 0) is 4.79 Å². The van der Waals surface area contributed by atoms with Crippen LogP contribution in [-0.4, -0.2) is 66.4 Å². The Balaban J connectivity index is 2.37. The molecule has 1 atom stereocenters. The third kappa shape index (κ3) is 5.34. The minimum absolute atomic E-state index is 0.00478. The lowest BCUT2D eigenvalue weighted by Crippen LogP contribution is -2.50. The second kappa shape index (κ2) is 7.44. The molecule has 1 saturated heterocycles. The molecule has 1 heterocycles. The summed E-state index contributed by atoms with van der Waals surface area (Å²) in [6.45, 7) is 4.38. The molecule has 1 aliphatic rings. The van der Waals surface area contributed by atoms with Gasteiger partial charge in [-0.25, -0.2) is 9.59 Å². The molecule has 7 heteroatoms. The number of aliphatic hydroxyl groups excluding tert-OH is 1. The molecule has 1 fully saturated rings. The number of urea groups is 1. The molecule has 0 saturated carbocycles. The second-order valence-electron chi connectivity index (χ2n) is 5.84. The molecule has 20 heavy (non-hydrogen) atoms. The summed E-state index contributed by atoms with van der Waals surface area (Å²) in [5.74, 6) is -1.14. The van der Waals surface area contributed by atoms with Crippen molar-refractivity contribution in [3.8, 4) is 0 Å². The zero-order valence-corrected chi connectivity index (χ0v) is 12.2. The fourth-order valence-corrected chi connectivity index (χ4v) is 2.22. The molecule has 1 aliphatic heterocycles. The van der Waals surface area contributed by atoms with Crippen LogP contribution in [0.25, 0.3) is 0 Å². The molecule has 4 N–H and O–H groups in total. The number of aliphatic carboxylic acids is 1. The summed E-state index contributed by atoms with van der Waals surface area (Å²) >= 11 is 0. The number of hydrogen-bond acceptors (Lipinski definition) is 4. The molecular formula is C13H25N3O4. The van der Waals surface area contributed by atoms with Gasteiger partial charge >= 0.3 is 12.0 Å². The number of hydrogen-bond donors (Lipinski definition) is 4. The van der Waals surface area contributed by atoms with E-state index in [0.29, 0.717) is 6.54 Å². The second-order valence-corrected chi connectivity index (χ2v) is 5.84. The van der Waals surface area contributed by atoms with Crippen molar-refractivity contribution in [2.75, 3.05) is 33.3 Å². The molecule has 0 aromatic rings. The standard InChI is InChI=1S/C13H25N3O4/c1-13(4-6-16(2)7-5-13)9-14-12(20)15-10(3-8-17)11(18)19/h10,17H,3-9H2,1-2H3,(H,18,19)(H2,14,15,20)/t10-/m0/s1. The Morgan fingerprint density at radius 1 is 1.35 bits per heavy atom.